The number of amides is 1. The van der Waals surface area contributed by atoms with Crippen molar-refractivity contribution in [2.45, 2.75) is 49.1 Å². The molecule has 2 fully saturated rings. The number of pyridine rings is 1. The number of aliphatic hydroxyl groups is 4. The van der Waals surface area contributed by atoms with E-state index in [9.17, 15) is 48.9 Å². The van der Waals surface area contributed by atoms with Crippen molar-refractivity contribution in [2.24, 2.45) is 5.73 Å². The van der Waals surface area contributed by atoms with Crippen molar-refractivity contribution in [3.05, 3.63) is 46.8 Å². The molecule has 0 saturated carbocycles. The number of anilines is 1. The van der Waals surface area contributed by atoms with E-state index in [0.29, 0.717) is 0 Å². The van der Waals surface area contributed by atoms with Crippen molar-refractivity contribution >= 4 is 38.7 Å². The lowest BCUT2D eigenvalue weighted by molar-refractivity contribution is -0.765. The van der Waals surface area contributed by atoms with Crippen molar-refractivity contribution < 1.29 is 71.5 Å². The maximum Gasteiger partial charge on any atom is 0.481 e. The van der Waals surface area contributed by atoms with Gasteiger partial charge in [0.25, 0.3) is 17.7 Å². The van der Waals surface area contributed by atoms with Crippen molar-refractivity contribution in [2.75, 3.05) is 18.9 Å². The highest BCUT2D eigenvalue weighted by Gasteiger charge is 2.53. The van der Waals surface area contributed by atoms with Crippen LogP contribution in [0.4, 0.5) is 5.95 Å². The van der Waals surface area contributed by atoms with Crippen LogP contribution in [0.3, 0.4) is 0 Å². The molecule has 11 N–H and O–H groups in total. The second-order valence-electron chi connectivity index (χ2n) is 9.85. The molecule has 5 rings (SSSR count). The molecule has 0 bridgehead atoms. The molecule has 10 atom stereocenters. The Balaban J connectivity index is 1.23. The number of nitrogen functional groups attached to an aromatic ring is 1. The summed E-state index contributed by atoms with van der Waals surface area (Å²) in [6.07, 6.45) is -9.12. The zero-order chi connectivity index (χ0) is 32.8. The van der Waals surface area contributed by atoms with Crippen LogP contribution >= 0.6 is 15.6 Å². The predicted molar refractivity (Wildman–Crippen MR) is 142 cm³/mol. The maximum atomic E-state index is 12.7. The number of phosphoric acid groups is 2. The molecule has 24 heteroatoms. The predicted octanol–water partition coefficient (Wildman–Crippen LogP) is -3.72. The van der Waals surface area contributed by atoms with Gasteiger partial charge in [0, 0.05) is 6.07 Å². The lowest BCUT2D eigenvalue weighted by Gasteiger charge is -2.23. The fourth-order valence-electron chi connectivity index (χ4n) is 4.76. The zero-order valence-electron chi connectivity index (χ0n) is 22.6. The Morgan fingerprint density at radius 1 is 1.13 bits per heavy atom. The van der Waals surface area contributed by atoms with Gasteiger partial charge in [-0.25, -0.2) is 14.1 Å². The summed E-state index contributed by atoms with van der Waals surface area (Å²) in [6, 6.07) is 2.77. The molecule has 246 valence electrons. The molecular weight excluding hydrogens is 652 g/mol. The number of hydrogen-bond acceptors (Lipinski definition) is 16. The second-order valence-corrected chi connectivity index (χ2v) is 12.8. The van der Waals surface area contributed by atoms with Crippen LogP contribution in [0.15, 0.2) is 35.6 Å². The monoisotopic (exact) mass is 680 g/mol. The number of phosphoric ester groups is 2. The molecule has 10 unspecified atom stereocenters. The number of rotatable bonds is 11. The van der Waals surface area contributed by atoms with E-state index in [1.165, 1.54) is 29.1 Å². The summed E-state index contributed by atoms with van der Waals surface area (Å²) in [5.41, 5.74) is 9.87. The first-order valence-electron chi connectivity index (χ1n) is 12.8. The Hall–Kier alpha value is -3.21. The number of carbonyl (C=O) groups is 1. The van der Waals surface area contributed by atoms with Gasteiger partial charge in [0.15, 0.2) is 35.9 Å². The minimum absolute atomic E-state index is 0.0259. The Bertz CT molecular complexity index is 1740. The molecule has 3 aromatic rings. The molecule has 2 aliphatic rings. The van der Waals surface area contributed by atoms with Crippen LogP contribution < -0.4 is 21.6 Å². The van der Waals surface area contributed by atoms with Gasteiger partial charge < -0.3 is 51.2 Å². The summed E-state index contributed by atoms with van der Waals surface area (Å²) in [5.74, 6) is -1.07. The number of nitrogens with one attached hydrogen (secondary N) is 1. The normalized spacial score (nSPS) is 31.2. The van der Waals surface area contributed by atoms with Crippen molar-refractivity contribution in [1.29, 1.82) is 0 Å². The lowest BCUT2D eigenvalue weighted by Crippen LogP contribution is -2.46. The second kappa shape index (κ2) is 12.5. The molecule has 5 heterocycles. The number of hydrogen-bond donors (Lipinski definition) is 9. The standard InChI is InChI=1S/C21H27N7O15P2/c22-16(33)8-2-1-3-27(4-8)19-14(32)15(9(5-29)40-19)42-45(37,38)43-44(35,36)39-6-10-12(30)13(31)20(41-10)28-7-24-11-17(28)25-21(23)26-18(11)34/h1-4,7,9-10,12-15,19-20,29-32H,5-6H2,(H6-,22,23,25,26,33,34,35,36,37,38)/p+1. The third kappa shape index (κ3) is 6.83. The zero-order valence-corrected chi connectivity index (χ0v) is 24.4. The summed E-state index contributed by atoms with van der Waals surface area (Å²) in [6.45, 7) is -1.82. The van der Waals surface area contributed by atoms with E-state index in [0.717, 1.165) is 10.9 Å². The van der Waals surface area contributed by atoms with E-state index in [1.807, 2.05) is 0 Å². The quantitative estimate of drug-likeness (QED) is 0.0694. The van der Waals surface area contributed by atoms with E-state index in [4.69, 9.17) is 30.0 Å². The van der Waals surface area contributed by atoms with E-state index < -0.39 is 89.4 Å². The summed E-state index contributed by atoms with van der Waals surface area (Å²) in [7, 11) is -11.0. The van der Waals surface area contributed by atoms with Crippen LogP contribution in [-0.2, 0) is 32.0 Å². The number of fused-ring (bicyclic) bond motifs is 1. The number of carbonyl (C=O) groups excluding carboxylic acids is 1. The van der Waals surface area contributed by atoms with Gasteiger partial charge in [-0.2, -0.15) is 13.9 Å². The minimum Gasteiger partial charge on any atom is -0.394 e. The number of nitrogens with two attached hydrogens (primary N) is 2. The fourth-order valence-corrected chi connectivity index (χ4v) is 7.05. The summed E-state index contributed by atoms with van der Waals surface area (Å²) in [4.78, 5) is 53.9. The number of H-pyrrole nitrogens is 1. The molecule has 0 spiro atoms. The van der Waals surface area contributed by atoms with Gasteiger partial charge in [0.1, 0.15) is 36.1 Å². The van der Waals surface area contributed by atoms with Crippen molar-refractivity contribution in [1.82, 2.24) is 19.5 Å². The molecule has 22 nitrogen and oxygen atoms in total. The van der Waals surface area contributed by atoms with Crippen LogP contribution in [0.2, 0.25) is 0 Å². The van der Waals surface area contributed by atoms with Gasteiger partial charge in [-0.05, 0) is 6.07 Å². The van der Waals surface area contributed by atoms with E-state index in [-0.39, 0.29) is 22.7 Å². The molecule has 3 aromatic heterocycles. The van der Waals surface area contributed by atoms with Crippen molar-refractivity contribution in [3.63, 3.8) is 0 Å². The number of primary amides is 1. The van der Waals surface area contributed by atoms with Crippen LogP contribution in [-0.4, -0.2) is 105 Å². The van der Waals surface area contributed by atoms with Crippen LogP contribution in [0, 0.1) is 0 Å². The van der Waals surface area contributed by atoms with Gasteiger partial charge in [-0.15, -0.1) is 0 Å². The van der Waals surface area contributed by atoms with Gasteiger partial charge in [0.2, 0.25) is 5.95 Å². The molecule has 2 aliphatic heterocycles. The minimum atomic E-state index is -5.56. The van der Waals surface area contributed by atoms with E-state index in [1.54, 1.807) is 0 Å². The van der Waals surface area contributed by atoms with Gasteiger partial charge >= 0.3 is 15.6 Å². The highest BCUT2D eigenvalue weighted by atomic mass is 31.3. The Labute approximate surface area is 250 Å². The molecule has 2 saturated heterocycles. The van der Waals surface area contributed by atoms with Crippen LogP contribution in [0.1, 0.15) is 22.8 Å². The molecular formula is C21H28N7O15P2+. The molecule has 0 aliphatic carbocycles. The van der Waals surface area contributed by atoms with Gasteiger partial charge in [-0.1, -0.05) is 0 Å². The van der Waals surface area contributed by atoms with Gasteiger partial charge in [-0.3, -0.25) is 28.2 Å². The Kier molecular flexibility index (Phi) is 9.23. The third-order valence-electron chi connectivity index (χ3n) is 6.82. The fraction of sp³-hybridized carbons (Fsp3) is 0.476. The topological polar surface area (TPSA) is 338 Å². The first kappa shape index (κ1) is 33.2. The highest BCUT2D eigenvalue weighted by molar-refractivity contribution is 7.61. The average molecular weight is 680 g/mol. The van der Waals surface area contributed by atoms with E-state index >= 15 is 0 Å². The average Bonchev–Trinajstić information content (AvgIpc) is 3.60. The summed E-state index contributed by atoms with van der Waals surface area (Å²) < 4.78 is 52.4. The Morgan fingerprint density at radius 2 is 1.87 bits per heavy atom. The SMILES string of the molecule is NC(=O)c1ccc[n+](C2OC(CO)C(OP(=O)(O)OP(=O)(O)OCC3OC(n4cnc5c(=O)[nH]c(N)nc54)C(O)C3O)C2O)c1. The first-order chi connectivity index (χ1) is 21.1. The number of aromatic amines is 1. The first-order valence-corrected chi connectivity index (χ1v) is 15.8. The third-order valence-corrected chi connectivity index (χ3v) is 9.45. The number of ether oxygens (including phenoxy) is 2. The molecule has 0 aromatic carbocycles. The van der Waals surface area contributed by atoms with Crippen LogP contribution in [0.5, 0.6) is 0 Å². The Morgan fingerprint density at radius 3 is 2.56 bits per heavy atom. The summed E-state index contributed by atoms with van der Waals surface area (Å²) >= 11 is 0. The number of aliphatic hydroxyl groups excluding tert-OH is 4. The molecule has 1 amide bonds. The molecule has 0 radical (unpaired) electrons. The number of imidazole rings is 1. The molecule has 45 heavy (non-hydrogen) atoms. The van der Waals surface area contributed by atoms with E-state index in [2.05, 4.69) is 19.3 Å². The number of nitrogens with zero attached hydrogens (tertiary/aromatic N) is 4. The lowest BCUT2D eigenvalue weighted by atomic mass is 10.1. The number of aromatic nitrogens is 5. The van der Waals surface area contributed by atoms with Gasteiger partial charge in [0.05, 0.1) is 19.5 Å². The smallest absolute Gasteiger partial charge is 0.394 e. The largest absolute Gasteiger partial charge is 0.481 e. The summed E-state index contributed by atoms with van der Waals surface area (Å²) in [5, 5.41) is 41.4. The van der Waals surface area contributed by atoms with Crippen LogP contribution in [0.25, 0.3) is 11.2 Å². The maximum absolute atomic E-state index is 12.7. The highest BCUT2D eigenvalue weighted by Crippen LogP contribution is 2.62. The van der Waals surface area contributed by atoms with Crippen molar-refractivity contribution in [3.8, 4) is 0 Å².